The maximum Gasteiger partial charge on any atom is 0.387 e. The first-order valence-electron chi connectivity index (χ1n) is 9.43. The lowest BCUT2D eigenvalue weighted by atomic mass is 10.1. The van der Waals surface area contributed by atoms with Crippen molar-refractivity contribution < 1.29 is 23.0 Å². The van der Waals surface area contributed by atoms with Gasteiger partial charge in [0.15, 0.2) is 11.5 Å². The van der Waals surface area contributed by atoms with Gasteiger partial charge in [0.2, 0.25) is 0 Å². The second-order valence-electron chi connectivity index (χ2n) is 6.65. The van der Waals surface area contributed by atoms with Crippen LogP contribution in [0.4, 0.5) is 8.78 Å². The highest BCUT2D eigenvalue weighted by Crippen LogP contribution is 2.30. The first-order valence-corrected chi connectivity index (χ1v) is 9.43. The number of carbonyl (C=O) groups is 1. The molecule has 1 amide bonds. The monoisotopic (exact) mass is 402 g/mol. The van der Waals surface area contributed by atoms with Crippen LogP contribution in [0.3, 0.4) is 0 Å². The SMILES string of the molecule is COc1cc(C(=O)N2CCN(CC=Cc3ccccc3)CC2)ccc1OC(F)F. The van der Waals surface area contributed by atoms with Crippen LogP contribution in [0.15, 0.2) is 54.6 Å². The molecule has 0 radical (unpaired) electrons. The molecule has 1 fully saturated rings. The van der Waals surface area contributed by atoms with Gasteiger partial charge in [0.05, 0.1) is 7.11 Å². The van der Waals surface area contributed by atoms with Crippen LogP contribution in [0, 0.1) is 0 Å². The van der Waals surface area contributed by atoms with E-state index in [-0.39, 0.29) is 17.4 Å². The van der Waals surface area contributed by atoms with Crippen molar-refractivity contribution in [1.29, 1.82) is 0 Å². The fraction of sp³-hybridized carbons (Fsp3) is 0.318. The summed E-state index contributed by atoms with van der Waals surface area (Å²) in [5.74, 6) is -0.124. The Morgan fingerprint density at radius 3 is 2.45 bits per heavy atom. The number of amides is 1. The number of carbonyl (C=O) groups excluding carboxylic acids is 1. The van der Waals surface area contributed by atoms with Crippen molar-refractivity contribution in [1.82, 2.24) is 9.80 Å². The largest absolute Gasteiger partial charge is 0.493 e. The van der Waals surface area contributed by atoms with Crippen LogP contribution < -0.4 is 9.47 Å². The molecule has 0 aromatic heterocycles. The van der Waals surface area contributed by atoms with E-state index in [2.05, 4.69) is 33.9 Å². The zero-order valence-corrected chi connectivity index (χ0v) is 16.3. The zero-order valence-electron chi connectivity index (χ0n) is 16.3. The van der Waals surface area contributed by atoms with Crippen LogP contribution >= 0.6 is 0 Å². The normalized spacial score (nSPS) is 15.1. The standard InChI is InChI=1S/C22H24F2N2O3/c1-28-20-16-18(9-10-19(20)29-22(23)24)21(27)26-14-12-25(13-15-26)11-5-8-17-6-3-2-4-7-17/h2-10,16,22H,11-15H2,1H3. The third-order valence-corrected chi connectivity index (χ3v) is 4.76. The Morgan fingerprint density at radius 1 is 1.07 bits per heavy atom. The summed E-state index contributed by atoms with van der Waals surface area (Å²) in [6, 6.07) is 14.4. The number of alkyl halides is 2. The van der Waals surface area contributed by atoms with Crippen LogP contribution in [0.25, 0.3) is 6.08 Å². The lowest BCUT2D eigenvalue weighted by Gasteiger charge is -2.34. The summed E-state index contributed by atoms with van der Waals surface area (Å²) in [7, 11) is 1.35. The maximum atomic E-state index is 12.8. The molecule has 29 heavy (non-hydrogen) atoms. The fourth-order valence-corrected chi connectivity index (χ4v) is 3.21. The molecule has 5 nitrogen and oxygen atoms in total. The van der Waals surface area contributed by atoms with Crippen molar-refractivity contribution in [3.05, 3.63) is 65.7 Å². The third kappa shape index (κ3) is 5.77. The minimum atomic E-state index is -2.95. The lowest BCUT2D eigenvalue weighted by Crippen LogP contribution is -2.48. The predicted octanol–water partition coefficient (Wildman–Crippen LogP) is 3.77. The molecule has 3 rings (SSSR count). The maximum absolute atomic E-state index is 12.8. The first-order chi connectivity index (χ1) is 14.1. The number of rotatable bonds is 7. The topological polar surface area (TPSA) is 42.0 Å². The van der Waals surface area contributed by atoms with E-state index in [4.69, 9.17) is 4.74 Å². The molecule has 7 heteroatoms. The molecule has 0 saturated carbocycles. The van der Waals surface area contributed by atoms with Gasteiger partial charge in [-0.2, -0.15) is 8.78 Å². The van der Waals surface area contributed by atoms with Crippen molar-refractivity contribution in [3.8, 4) is 11.5 Å². The van der Waals surface area contributed by atoms with Gasteiger partial charge < -0.3 is 14.4 Å². The Kier molecular flexibility index (Phi) is 7.19. The molecule has 1 saturated heterocycles. The number of piperazine rings is 1. The summed E-state index contributed by atoms with van der Waals surface area (Å²) in [5, 5.41) is 0. The summed E-state index contributed by atoms with van der Waals surface area (Å²) in [6.45, 7) is 0.633. The number of ether oxygens (including phenoxy) is 2. The van der Waals surface area contributed by atoms with Crippen LogP contribution in [0.5, 0.6) is 11.5 Å². The van der Waals surface area contributed by atoms with Gasteiger partial charge in [-0.15, -0.1) is 0 Å². The molecule has 0 bridgehead atoms. The van der Waals surface area contributed by atoms with Crippen molar-refractivity contribution in [2.24, 2.45) is 0 Å². The Morgan fingerprint density at radius 2 is 1.79 bits per heavy atom. The average molecular weight is 402 g/mol. The molecule has 0 unspecified atom stereocenters. The summed E-state index contributed by atoms with van der Waals surface area (Å²) in [4.78, 5) is 16.8. The number of halogens is 2. The quantitative estimate of drug-likeness (QED) is 0.707. The van der Waals surface area contributed by atoms with Crippen LogP contribution in [0.2, 0.25) is 0 Å². The van der Waals surface area contributed by atoms with E-state index in [1.165, 1.54) is 25.3 Å². The molecular weight excluding hydrogens is 378 g/mol. The van der Waals surface area contributed by atoms with Crippen molar-refractivity contribution >= 4 is 12.0 Å². The number of nitrogens with zero attached hydrogens (tertiary/aromatic N) is 2. The minimum absolute atomic E-state index is 0.0888. The van der Waals surface area contributed by atoms with E-state index < -0.39 is 6.61 Å². The molecule has 0 aliphatic carbocycles. The minimum Gasteiger partial charge on any atom is -0.493 e. The molecule has 1 heterocycles. The molecule has 2 aromatic rings. The Bertz CT molecular complexity index is 835. The van der Waals surface area contributed by atoms with Gasteiger partial charge in [0.1, 0.15) is 0 Å². The molecule has 0 atom stereocenters. The summed E-state index contributed by atoms with van der Waals surface area (Å²) >= 11 is 0. The van der Waals surface area contributed by atoms with Crippen LogP contribution in [-0.4, -0.2) is 62.2 Å². The number of methoxy groups -OCH3 is 1. The van der Waals surface area contributed by atoms with Gasteiger partial charge in [0.25, 0.3) is 5.91 Å². The highest BCUT2D eigenvalue weighted by atomic mass is 19.3. The number of hydrogen-bond donors (Lipinski definition) is 0. The van der Waals surface area contributed by atoms with E-state index in [1.807, 2.05) is 18.2 Å². The summed E-state index contributed by atoms with van der Waals surface area (Å²) in [5.41, 5.74) is 1.55. The molecular formula is C22H24F2N2O3. The van der Waals surface area contributed by atoms with E-state index in [9.17, 15) is 13.6 Å². The molecule has 1 aliphatic rings. The van der Waals surface area contributed by atoms with Crippen molar-refractivity contribution in [3.63, 3.8) is 0 Å². The van der Waals surface area contributed by atoms with Gasteiger partial charge in [-0.3, -0.25) is 9.69 Å². The van der Waals surface area contributed by atoms with E-state index >= 15 is 0 Å². The first kappa shape index (κ1) is 20.8. The number of hydrogen-bond acceptors (Lipinski definition) is 4. The second kappa shape index (κ2) is 10.0. The van der Waals surface area contributed by atoms with E-state index in [1.54, 1.807) is 4.90 Å². The van der Waals surface area contributed by atoms with Crippen LogP contribution in [0.1, 0.15) is 15.9 Å². The Balaban J connectivity index is 1.54. The van der Waals surface area contributed by atoms with Gasteiger partial charge >= 0.3 is 6.61 Å². The average Bonchev–Trinajstić information content (AvgIpc) is 2.74. The molecule has 0 spiro atoms. The molecule has 0 N–H and O–H groups in total. The zero-order chi connectivity index (χ0) is 20.6. The van der Waals surface area contributed by atoms with Gasteiger partial charge in [-0.1, -0.05) is 42.5 Å². The Labute approximate surface area is 169 Å². The predicted molar refractivity (Wildman–Crippen MR) is 107 cm³/mol. The van der Waals surface area contributed by atoms with Gasteiger partial charge in [-0.05, 0) is 23.8 Å². The number of benzene rings is 2. The smallest absolute Gasteiger partial charge is 0.387 e. The molecule has 154 valence electrons. The van der Waals surface area contributed by atoms with Gasteiger partial charge in [-0.25, -0.2) is 0 Å². The third-order valence-electron chi connectivity index (χ3n) is 4.76. The molecule has 1 aliphatic heterocycles. The van der Waals surface area contributed by atoms with Gasteiger partial charge in [0, 0.05) is 38.3 Å². The summed E-state index contributed by atoms with van der Waals surface area (Å²) in [6.07, 6.45) is 4.21. The molecule has 2 aromatic carbocycles. The highest BCUT2D eigenvalue weighted by Gasteiger charge is 2.23. The highest BCUT2D eigenvalue weighted by molar-refractivity contribution is 5.95. The van der Waals surface area contributed by atoms with E-state index in [0.717, 1.165) is 25.2 Å². The fourth-order valence-electron chi connectivity index (χ4n) is 3.21. The summed E-state index contributed by atoms with van der Waals surface area (Å²) < 4.78 is 34.4. The lowest BCUT2D eigenvalue weighted by molar-refractivity contribution is -0.0512. The van der Waals surface area contributed by atoms with Crippen molar-refractivity contribution in [2.45, 2.75) is 6.61 Å². The second-order valence-corrected chi connectivity index (χ2v) is 6.65. The Hall–Kier alpha value is -2.93. The van der Waals surface area contributed by atoms with E-state index in [0.29, 0.717) is 18.7 Å². The van der Waals surface area contributed by atoms with Crippen LogP contribution in [-0.2, 0) is 0 Å². The van der Waals surface area contributed by atoms with Crippen molar-refractivity contribution in [2.75, 3.05) is 39.8 Å².